The van der Waals surface area contributed by atoms with Crippen molar-refractivity contribution in [1.82, 2.24) is 0 Å². The minimum atomic E-state index is 0.0928. The van der Waals surface area contributed by atoms with Gasteiger partial charge >= 0.3 is 0 Å². The van der Waals surface area contributed by atoms with Crippen molar-refractivity contribution in [2.24, 2.45) is 20.9 Å². The topological polar surface area (TPSA) is 88.3 Å². The summed E-state index contributed by atoms with van der Waals surface area (Å²) in [6.45, 7) is 0. The van der Waals surface area contributed by atoms with Crippen LogP contribution < -0.4 is 0 Å². The van der Waals surface area contributed by atoms with E-state index < -0.39 is 0 Å². The van der Waals surface area contributed by atoms with Crippen LogP contribution in [0.3, 0.4) is 0 Å². The molecule has 0 aromatic rings. The first-order valence-corrected chi connectivity index (χ1v) is 11.1. The number of hydrogen-bond acceptors (Lipinski definition) is 9. The molecule has 4 aliphatic rings. The molecule has 4 rings (SSSR count). The van der Waals surface area contributed by atoms with E-state index in [1.54, 1.807) is 53.5 Å². The second-order valence-electron chi connectivity index (χ2n) is 7.13. The van der Waals surface area contributed by atoms with Crippen LogP contribution in [0.25, 0.3) is 0 Å². The van der Waals surface area contributed by atoms with Gasteiger partial charge in [-0.25, -0.2) is 14.4 Å². The molecular weight excluding hydrogens is 378 g/mol. The van der Waals surface area contributed by atoms with Crippen molar-refractivity contribution in [2.75, 3.05) is 17.6 Å². The molecule has 0 heterocycles. The molecule has 9 heteroatoms. The maximum atomic E-state index is 10.5. The lowest BCUT2D eigenvalue weighted by Crippen LogP contribution is -2.62. The molecule has 4 aliphatic carbocycles. The van der Waals surface area contributed by atoms with Crippen molar-refractivity contribution in [1.29, 1.82) is 0 Å². The molecule has 6 nitrogen and oxygen atoms in total. The van der Waals surface area contributed by atoms with Gasteiger partial charge in [-0.15, -0.1) is 35.3 Å². The highest BCUT2D eigenvalue weighted by Crippen LogP contribution is 2.70. The molecule has 4 fully saturated rings. The monoisotopic (exact) mass is 397 g/mol. The lowest BCUT2D eigenvalue weighted by Gasteiger charge is -2.65. The standard InChI is InChI=1S/C16H19N3O3S3/c20-7-17-10-23-14-1-13-2-15(4-14,24-11-18-8-21)6-16(3-13,5-14)25-12-19-9-22/h13H,1-6,10-12H2. The smallest absolute Gasteiger partial charge is 0.211 e. The van der Waals surface area contributed by atoms with Crippen LogP contribution in [0, 0.1) is 5.92 Å². The summed E-state index contributed by atoms with van der Waals surface area (Å²) < 4.78 is 0.278. The molecule has 25 heavy (non-hydrogen) atoms. The highest BCUT2D eigenvalue weighted by Gasteiger charge is 2.63. The Morgan fingerprint density at radius 3 is 1.28 bits per heavy atom. The summed E-state index contributed by atoms with van der Waals surface area (Å²) in [7, 11) is 0. The lowest BCUT2D eigenvalue weighted by atomic mass is 9.55. The Balaban J connectivity index is 1.84. The van der Waals surface area contributed by atoms with E-state index in [0.29, 0.717) is 23.5 Å². The number of rotatable bonds is 9. The van der Waals surface area contributed by atoms with Crippen molar-refractivity contribution < 1.29 is 14.4 Å². The Morgan fingerprint density at radius 2 is 1.00 bits per heavy atom. The van der Waals surface area contributed by atoms with E-state index in [-0.39, 0.29) is 14.2 Å². The number of carbonyl (C=O) groups excluding carboxylic acids is 3. The third kappa shape index (κ3) is 4.13. The molecule has 0 spiro atoms. The van der Waals surface area contributed by atoms with E-state index in [0.717, 1.165) is 38.5 Å². The summed E-state index contributed by atoms with van der Waals surface area (Å²) in [5.74, 6) is 1.94. The van der Waals surface area contributed by atoms with Gasteiger partial charge in [0.2, 0.25) is 18.2 Å². The molecule has 134 valence electrons. The van der Waals surface area contributed by atoms with E-state index in [4.69, 9.17) is 0 Å². The number of hydrogen-bond donors (Lipinski definition) is 0. The molecule has 0 unspecified atom stereocenters. The molecule has 0 atom stereocenters. The minimum absolute atomic E-state index is 0.0928. The minimum Gasteiger partial charge on any atom is -0.211 e. The molecule has 0 aliphatic heterocycles. The second-order valence-corrected chi connectivity index (χ2v) is 11.4. The molecule has 0 saturated heterocycles. The summed E-state index contributed by atoms with van der Waals surface area (Å²) in [5.41, 5.74) is 0. The van der Waals surface area contributed by atoms with Gasteiger partial charge in [-0.3, -0.25) is 0 Å². The van der Waals surface area contributed by atoms with Crippen molar-refractivity contribution in [3.8, 4) is 0 Å². The summed E-state index contributed by atoms with van der Waals surface area (Å²) in [4.78, 5) is 42.6. The van der Waals surface area contributed by atoms with Gasteiger partial charge in [0.15, 0.2) is 0 Å². The van der Waals surface area contributed by atoms with E-state index >= 15 is 0 Å². The van der Waals surface area contributed by atoms with Gasteiger partial charge in [-0.05, 0) is 44.4 Å². The van der Waals surface area contributed by atoms with Gasteiger partial charge in [0, 0.05) is 14.2 Å². The second kappa shape index (κ2) is 7.83. The molecule has 0 aromatic heterocycles. The van der Waals surface area contributed by atoms with Gasteiger partial charge in [-0.1, -0.05) is 0 Å². The van der Waals surface area contributed by atoms with E-state index in [2.05, 4.69) is 15.0 Å². The van der Waals surface area contributed by atoms with Gasteiger partial charge < -0.3 is 0 Å². The van der Waals surface area contributed by atoms with Gasteiger partial charge in [0.1, 0.15) is 0 Å². The highest BCUT2D eigenvalue weighted by molar-refractivity contribution is 8.02. The molecule has 0 radical (unpaired) electrons. The molecule has 0 amide bonds. The fourth-order valence-corrected chi connectivity index (χ4v) is 10.0. The zero-order valence-electron chi connectivity index (χ0n) is 13.7. The van der Waals surface area contributed by atoms with Gasteiger partial charge in [0.05, 0.1) is 17.6 Å². The number of thioether (sulfide) groups is 3. The summed E-state index contributed by atoms with van der Waals surface area (Å²) in [6.07, 6.45) is 11.5. The average molecular weight is 398 g/mol. The van der Waals surface area contributed by atoms with Crippen LogP contribution in [-0.2, 0) is 14.4 Å². The predicted octanol–water partition coefficient (Wildman–Crippen LogP) is 3.28. The Labute approximate surface area is 159 Å². The van der Waals surface area contributed by atoms with Crippen LogP contribution in [0.4, 0.5) is 0 Å². The lowest BCUT2D eigenvalue weighted by molar-refractivity contribution is 0.0774. The van der Waals surface area contributed by atoms with E-state index in [1.807, 2.05) is 0 Å². The van der Waals surface area contributed by atoms with E-state index in [1.165, 1.54) is 0 Å². The SMILES string of the molecule is O=C=NCSC12CC3CC(SCN=C=O)(C1)CC(SCN=C=O)(C3)C2. The molecule has 0 N–H and O–H groups in total. The highest BCUT2D eigenvalue weighted by atomic mass is 32.2. The van der Waals surface area contributed by atoms with Crippen LogP contribution in [0.1, 0.15) is 38.5 Å². The summed E-state index contributed by atoms with van der Waals surface area (Å²) >= 11 is 5.29. The first-order chi connectivity index (χ1) is 12.1. The maximum absolute atomic E-state index is 10.5. The summed E-state index contributed by atoms with van der Waals surface area (Å²) in [6, 6.07) is 0. The van der Waals surface area contributed by atoms with Gasteiger partial charge in [-0.2, -0.15) is 15.0 Å². The first-order valence-electron chi connectivity index (χ1n) is 8.12. The van der Waals surface area contributed by atoms with Crippen molar-refractivity contribution in [2.45, 2.75) is 52.8 Å². The number of aliphatic imine (C=N–C) groups is 3. The van der Waals surface area contributed by atoms with Crippen LogP contribution in [0.5, 0.6) is 0 Å². The Kier molecular flexibility index (Phi) is 5.94. The van der Waals surface area contributed by atoms with Crippen LogP contribution in [0.15, 0.2) is 15.0 Å². The van der Waals surface area contributed by atoms with Gasteiger partial charge in [0.25, 0.3) is 0 Å². The Hall–Kier alpha value is -0.810. The van der Waals surface area contributed by atoms with E-state index in [9.17, 15) is 14.4 Å². The van der Waals surface area contributed by atoms with Crippen molar-refractivity contribution in [3.05, 3.63) is 0 Å². The largest absolute Gasteiger partial charge is 0.235 e. The predicted molar refractivity (Wildman–Crippen MR) is 101 cm³/mol. The summed E-state index contributed by atoms with van der Waals surface area (Å²) in [5, 5.41) is 0. The van der Waals surface area contributed by atoms with Crippen LogP contribution in [0.2, 0.25) is 0 Å². The fourth-order valence-electron chi connectivity index (χ4n) is 5.25. The van der Waals surface area contributed by atoms with Crippen molar-refractivity contribution in [3.63, 3.8) is 0 Å². The maximum Gasteiger partial charge on any atom is 0.235 e. The third-order valence-electron chi connectivity index (χ3n) is 5.41. The first kappa shape index (κ1) is 19.0. The van der Waals surface area contributed by atoms with Crippen LogP contribution in [-0.4, -0.2) is 50.1 Å². The molecular formula is C16H19N3O3S3. The zero-order chi connectivity index (χ0) is 17.8. The number of nitrogens with zero attached hydrogens (tertiary/aromatic N) is 3. The Bertz CT molecular complexity index is 570. The zero-order valence-corrected chi connectivity index (χ0v) is 16.2. The average Bonchev–Trinajstić information content (AvgIpc) is 2.54. The third-order valence-corrected chi connectivity index (χ3v) is 9.39. The fraction of sp³-hybridized carbons (Fsp3) is 0.812. The molecule has 4 saturated carbocycles. The van der Waals surface area contributed by atoms with Crippen LogP contribution >= 0.6 is 35.3 Å². The normalized spacial score (nSPS) is 37.7. The Morgan fingerprint density at radius 1 is 0.680 bits per heavy atom. The number of isocyanates is 3. The molecule has 0 aromatic carbocycles. The quantitative estimate of drug-likeness (QED) is 0.438. The molecule has 4 bridgehead atoms. The van der Waals surface area contributed by atoms with Crippen molar-refractivity contribution >= 4 is 53.5 Å².